The van der Waals surface area contributed by atoms with Crippen molar-refractivity contribution in [3.05, 3.63) is 0 Å². The molecule has 0 aromatic heterocycles. The highest BCUT2D eigenvalue weighted by molar-refractivity contribution is 4.82. The third kappa shape index (κ3) is 2.24. The first kappa shape index (κ1) is 10.1. The van der Waals surface area contributed by atoms with Gasteiger partial charge in [-0.2, -0.15) is 0 Å². The van der Waals surface area contributed by atoms with Gasteiger partial charge in [-0.25, -0.2) is 0 Å². The Hall–Kier alpha value is 0. The molecule has 0 saturated heterocycles. The number of rotatable bonds is 0. The maximum atomic E-state index is 2.42. The van der Waals surface area contributed by atoms with Gasteiger partial charge >= 0.3 is 0 Å². The second-order valence-electron chi connectivity index (χ2n) is 5.83. The van der Waals surface area contributed by atoms with Crippen LogP contribution in [0.3, 0.4) is 0 Å². The summed E-state index contributed by atoms with van der Waals surface area (Å²) < 4.78 is 0. The second-order valence-corrected chi connectivity index (χ2v) is 5.83. The lowest BCUT2D eigenvalue weighted by Gasteiger charge is -2.39. The zero-order valence-electron chi connectivity index (χ0n) is 9.35. The molecule has 12 heavy (non-hydrogen) atoms. The highest BCUT2D eigenvalue weighted by Crippen LogP contribution is 2.42. The monoisotopic (exact) mass is 168 g/mol. The van der Waals surface area contributed by atoms with Gasteiger partial charge in [-0.3, -0.25) is 0 Å². The fourth-order valence-corrected chi connectivity index (χ4v) is 2.33. The Morgan fingerprint density at radius 2 is 1.50 bits per heavy atom. The first-order valence-electron chi connectivity index (χ1n) is 5.41. The average molecular weight is 168 g/mol. The zero-order valence-corrected chi connectivity index (χ0v) is 9.35. The van der Waals surface area contributed by atoms with Crippen LogP contribution in [0.2, 0.25) is 0 Å². The van der Waals surface area contributed by atoms with Gasteiger partial charge in [0, 0.05) is 0 Å². The summed E-state index contributed by atoms with van der Waals surface area (Å²) in [6.45, 7) is 12.0. The molecule has 3 atom stereocenters. The predicted molar refractivity (Wildman–Crippen MR) is 55.1 cm³/mol. The first-order valence-corrected chi connectivity index (χ1v) is 5.41. The summed E-state index contributed by atoms with van der Waals surface area (Å²) in [5, 5.41) is 0. The zero-order chi connectivity index (χ0) is 9.35. The van der Waals surface area contributed by atoms with Gasteiger partial charge in [0.25, 0.3) is 0 Å². The SMILES string of the molecule is C[C@@H]1CC[C@@H](C(C)(C)C)C[C@H]1C. The molecule has 0 radical (unpaired) electrons. The van der Waals surface area contributed by atoms with E-state index in [-0.39, 0.29) is 0 Å². The molecule has 0 aliphatic heterocycles. The molecule has 72 valence electrons. The van der Waals surface area contributed by atoms with Crippen LogP contribution in [0.5, 0.6) is 0 Å². The van der Waals surface area contributed by atoms with Crippen LogP contribution in [0.4, 0.5) is 0 Å². The van der Waals surface area contributed by atoms with E-state index in [2.05, 4.69) is 34.6 Å². The molecule has 0 spiro atoms. The van der Waals surface area contributed by atoms with Crippen LogP contribution in [0, 0.1) is 23.2 Å². The average Bonchev–Trinajstić information content (AvgIpc) is 1.92. The topological polar surface area (TPSA) is 0 Å². The van der Waals surface area contributed by atoms with E-state index in [0.29, 0.717) is 5.41 Å². The Morgan fingerprint density at radius 3 is 1.92 bits per heavy atom. The molecule has 1 aliphatic carbocycles. The van der Waals surface area contributed by atoms with Crippen molar-refractivity contribution in [2.24, 2.45) is 23.2 Å². The minimum Gasteiger partial charge on any atom is -0.0623 e. The molecule has 0 nitrogen and oxygen atoms in total. The van der Waals surface area contributed by atoms with Crippen molar-refractivity contribution in [2.75, 3.05) is 0 Å². The van der Waals surface area contributed by atoms with Gasteiger partial charge < -0.3 is 0 Å². The Bertz CT molecular complexity index is 141. The second kappa shape index (κ2) is 3.40. The highest BCUT2D eigenvalue weighted by atomic mass is 14.4. The van der Waals surface area contributed by atoms with E-state index in [4.69, 9.17) is 0 Å². The maximum absolute atomic E-state index is 2.42. The van der Waals surface area contributed by atoms with E-state index in [1.54, 1.807) is 0 Å². The standard InChI is InChI=1S/C12H24/c1-9-6-7-11(8-10(9)2)12(3,4)5/h9-11H,6-8H2,1-5H3/t9-,10-,11-/m1/s1. The third-order valence-corrected chi connectivity index (χ3v) is 3.82. The van der Waals surface area contributed by atoms with E-state index in [0.717, 1.165) is 17.8 Å². The smallest absolute Gasteiger partial charge is 0.0354 e. The number of hydrogen-bond donors (Lipinski definition) is 0. The van der Waals surface area contributed by atoms with Gasteiger partial charge in [-0.15, -0.1) is 0 Å². The summed E-state index contributed by atoms with van der Waals surface area (Å²) >= 11 is 0. The van der Waals surface area contributed by atoms with Crippen molar-refractivity contribution in [2.45, 2.75) is 53.9 Å². The molecule has 0 heterocycles. The molecular formula is C12H24. The molecular weight excluding hydrogens is 144 g/mol. The molecule has 0 bridgehead atoms. The van der Waals surface area contributed by atoms with Gasteiger partial charge in [0.05, 0.1) is 0 Å². The summed E-state index contributed by atoms with van der Waals surface area (Å²) in [6, 6.07) is 0. The van der Waals surface area contributed by atoms with E-state index in [1.165, 1.54) is 19.3 Å². The minimum atomic E-state index is 0.536. The van der Waals surface area contributed by atoms with Crippen molar-refractivity contribution >= 4 is 0 Å². The van der Waals surface area contributed by atoms with Gasteiger partial charge in [0.2, 0.25) is 0 Å². The van der Waals surface area contributed by atoms with Crippen LogP contribution >= 0.6 is 0 Å². The lowest BCUT2D eigenvalue weighted by Crippen LogP contribution is -2.29. The molecule has 0 heteroatoms. The van der Waals surface area contributed by atoms with Crippen LogP contribution < -0.4 is 0 Å². The molecule has 0 N–H and O–H groups in total. The van der Waals surface area contributed by atoms with Crippen molar-refractivity contribution in [3.63, 3.8) is 0 Å². The molecule has 1 saturated carbocycles. The molecule has 1 rings (SSSR count). The van der Waals surface area contributed by atoms with Gasteiger partial charge in [0.15, 0.2) is 0 Å². The largest absolute Gasteiger partial charge is 0.0623 e. The summed E-state index contributed by atoms with van der Waals surface area (Å²) in [7, 11) is 0. The van der Waals surface area contributed by atoms with Gasteiger partial charge in [-0.05, 0) is 36.0 Å². The summed E-state index contributed by atoms with van der Waals surface area (Å²) in [4.78, 5) is 0. The van der Waals surface area contributed by atoms with Crippen molar-refractivity contribution in [1.29, 1.82) is 0 Å². The highest BCUT2D eigenvalue weighted by Gasteiger charge is 2.31. The predicted octanol–water partition coefficient (Wildman–Crippen LogP) is 4.10. The van der Waals surface area contributed by atoms with Crippen LogP contribution in [0.25, 0.3) is 0 Å². The maximum Gasteiger partial charge on any atom is -0.0354 e. The van der Waals surface area contributed by atoms with E-state index >= 15 is 0 Å². The van der Waals surface area contributed by atoms with Crippen molar-refractivity contribution in [3.8, 4) is 0 Å². The molecule has 1 fully saturated rings. The summed E-state index contributed by atoms with van der Waals surface area (Å²) in [5.74, 6) is 2.87. The first-order chi connectivity index (χ1) is 5.41. The summed E-state index contributed by atoms with van der Waals surface area (Å²) in [6.07, 6.45) is 4.35. The molecule has 0 amide bonds. The molecule has 0 unspecified atom stereocenters. The minimum absolute atomic E-state index is 0.536. The van der Waals surface area contributed by atoms with Gasteiger partial charge in [-0.1, -0.05) is 41.0 Å². The van der Waals surface area contributed by atoms with Crippen molar-refractivity contribution < 1.29 is 0 Å². The lowest BCUT2D eigenvalue weighted by atomic mass is 9.66. The molecule has 0 aromatic carbocycles. The quantitative estimate of drug-likeness (QED) is 0.511. The fourth-order valence-electron chi connectivity index (χ4n) is 2.33. The van der Waals surface area contributed by atoms with Crippen molar-refractivity contribution in [1.82, 2.24) is 0 Å². The Kier molecular flexibility index (Phi) is 2.85. The van der Waals surface area contributed by atoms with E-state index in [9.17, 15) is 0 Å². The Morgan fingerprint density at radius 1 is 0.917 bits per heavy atom. The van der Waals surface area contributed by atoms with E-state index in [1.807, 2.05) is 0 Å². The Balaban J connectivity index is 2.51. The molecule has 0 aromatic rings. The third-order valence-electron chi connectivity index (χ3n) is 3.82. The van der Waals surface area contributed by atoms with Crippen LogP contribution in [0.15, 0.2) is 0 Å². The summed E-state index contributed by atoms with van der Waals surface area (Å²) in [5.41, 5.74) is 0.536. The van der Waals surface area contributed by atoms with Gasteiger partial charge in [0.1, 0.15) is 0 Å². The normalized spacial score (nSPS) is 38.2. The van der Waals surface area contributed by atoms with Crippen LogP contribution in [-0.2, 0) is 0 Å². The fraction of sp³-hybridized carbons (Fsp3) is 1.00. The van der Waals surface area contributed by atoms with Crippen LogP contribution in [-0.4, -0.2) is 0 Å². The van der Waals surface area contributed by atoms with Crippen LogP contribution in [0.1, 0.15) is 53.9 Å². The lowest BCUT2D eigenvalue weighted by molar-refractivity contribution is 0.114. The van der Waals surface area contributed by atoms with E-state index < -0.39 is 0 Å². The molecule has 1 aliphatic rings. The number of hydrogen-bond acceptors (Lipinski definition) is 0. The Labute approximate surface area is 77.7 Å².